The van der Waals surface area contributed by atoms with E-state index in [1.807, 2.05) is 18.2 Å². The molecule has 9 heteroatoms. The van der Waals surface area contributed by atoms with Gasteiger partial charge in [-0.25, -0.2) is 4.39 Å². The van der Waals surface area contributed by atoms with Crippen LogP contribution in [0.2, 0.25) is 5.02 Å². The summed E-state index contributed by atoms with van der Waals surface area (Å²) in [5, 5.41) is 23.1. The Bertz CT molecular complexity index is 927. The van der Waals surface area contributed by atoms with Crippen LogP contribution in [0.25, 0.3) is 0 Å². The van der Waals surface area contributed by atoms with E-state index in [1.165, 1.54) is 12.1 Å². The number of nitrogens with one attached hydrogen (secondary N) is 1. The molecule has 3 N–H and O–H groups in total. The molecule has 2 heterocycles. The van der Waals surface area contributed by atoms with E-state index in [0.29, 0.717) is 0 Å². The quantitative estimate of drug-likeness (QED) is 0.602. The number of para-hydroxylation sites is 1. The van der Waals surface area contributed by atoms with Gasteiger partial charge in [0.2, 0.25) is 0 Å². The Balaban J connectivity index is 1.39. The molecule has 2 aromatic rings. The van der Waals surface area contributed by atoms with Crippen molar-refractivity contribution in [3.63, 3.8) is 0 Å². The zero-order chi connectivity index (χ0) is 22.7. The third-order valence-corrected chi connectivity index (χ3v) is 6.43. The van der Waals surface area contributed by atoms with Crippen LogP contribution < -0.4 is 10.2 Å². The van der Waals surface area contributed by atoms with Crippen molar-refractivity contribution in [1.82, 2.24) is 10.2 Å². The Morgan fingerprint density at radius 2 is 1.84 bits per heavy atom. The van der Waals surface area contributed by atoms with Gasteiger partial charge < -0.3 is 25.2 Å². The lowest BCUT2D eigenvalue weighted by Gasteiger charge is -2.41. The van der Waals surface area contributed by atoms with Crippen molar-refractivity contribution in [3.05, 3.63) is 64.9 Å². The Morgan fingerprint density at radius 3 is 2.50 bits per heavy atom. The maximum Gasteiger partial charge on any atom is 0.251 e. The molecule has 1 amide bonds. The summed E-state index contributed by atoms with van der Waals surface area (Å²) in [5.74, 6) is -1.00. The van der Waals surface area contributed by atoms with Gasteiger partial charge in [-0.15, -0.1) is 0 Å². The molecule has 0 spiro atoms. The number of anilines is 1. The van der Waals surface area contributed by atoms with Crippen LogP contribution in [-0.2, 0) is 4.74 Å². The summed E-state index contributed by atoms with van der Waals surface area (Å²) in [6, 6.07) is 13.6. The van der Waals surface area contributed by atoms with Crippen molar-refractivity contribution in [3.8, 4) is 0 Å². The summed E-state index contributed by atoms with van der Waals surface area (Å²) >= 11 is 5.77. The van der Waals surface area contributed by atoms with Gasteiger partial charge in [0, 0.05) is 44.0 Å². The Morgan fingerprint density at radius 1 is 1.12 bits per heavy atom. The lowest BCUT2D eigenvalue weighted by molar-refractivity contribution is -0.0209. The number of hydrogen-bond acceptors (Lipinski definition) is 6. The summed E-state index contributed by atoms with van der Waals surface area (Å²) in [4.78, 5) is 16.9. The van der Waals surface area contributed by atoms with Gasteiger partial charge in [0.05, 0.1) is 23.8 Å². The molecule has 0 aliphatic carbocycles. The number of hydrogen-bond donors (Lipinski definition) is 3. The fourth-order valence-electron chi connectivity index (χ4n) is 4.45. The maximum atomic E-state index is 13.4. The first-order valence-electron chi connectivity index (χ1n) is 10.7. The topological polar surface area (TPSA) is 85.3 Å². The molecule has 0 aromatic heterocycles. The van der Waals surface area contributed by atoms with Gasteiger partial charge in [-0.05, 0) is 30.3 Å². The number of amides is 1. The molecule has 0 unspecified atom stereocenters. The van der Waals surface area contributed by atoms with Crippen LogP contribution in [0.3, 0.4) is 0 Å². The minimum Gasteiger partial charge on any atom is -0.394 e. The Hall–Kier alpha value is -2.23. The second-order valence-electron chi connectivity index (χ2n) is 8.07. The van der Waals surface area contributed by atoms with Crippen molar-refractivity contribution >= 4 is 23.2 Å². The lowest BCUT2D eigenvalue weighted by atomic mass is 10.0. The summed E-state index contributed by atoms with van der Waals surface area (Å²) in [6.45, 7) is 2.87. The van der Waals surface area contributed by atoms with E-state index in [0.717, 1.165) is 37.9 Å². The van der Waals surface area contributed by atoms with Gasteiger partial charge in [-0.3, -0.25) is 9.69 Å². The lowest BCUT2D eigenvalue weighted by Crippen LogP contribution is -2.57. The second kappa shape index (κ2) is 10.1. The van der Waals surface area contributed by atoms with E-state index < -0.39 is 30.0 Å². The van der Waals surface area contributed by atoms with Gasteiger partial charge >= 0.3 is 0 Å². The first-order chi connectivity index (χ1) is 15.5. The van der Waals surface area contributed by atoms with Crippen LogP contribution in [0.4, 0.5) is 10.1 Å². The average Bonchev–Trinajstić information content (AvgIpc) is 3.15. The SMILES string of the molecule is O=C(NC[C@H]1O[C@@H](CO)[C@@H](O)[C@H]1N1CCN(c2ccccc2)CC1)c1ccc(F)c(Cl)c1. The molecule has 2 fully saturated rings. The normalized spacial score (nSPS) is 26.3. The number of benzene rings is 2. The van der Waals surface area contributed by atoms with Gasteiger partial charge in [0.15, 0.2) is 0 Å². The zero-order valence-electron chi connectivity index (χ0n) is 17.5. The van der Waals surface area contributed by atoms with Crippen LogP contribution in [0.15, 0.2) is 48.5 Å². The van der Waals surface area contributed by atoms with E-state index in [-0.39, 0.29) is 29.8 Å². The largest absolute Gasteiger partial charge is 0.394 e. The number of aliphatic hydroxyl groups is 2. The molecule has 0 saturated carbocycles. The summed E-state index contributed by atoms with van der Waals surface area (Å²) in [5.41, 5.74) is 1.40. The predicted octanol–water partition coefficient (Wildman–Crippen LogP) is 1.52. The monoisotopic (exact) mass is 463 g/mol. The second-order valence-corrected chi connectivity index (χ2v) is 8.48. The van der Waals surface area contributed by atoms with E-state index in [2.05, 4.69) is 27.2 Å². The minimum absolute atomic E-state index is 0.125. The molecule has 4 atom stereocenters. The van der Waals surface area contributed by atoms with Gasteiger partial charge in [0.25, 0.3) is 5.91 Å². The number of aliphatic hydroxyl groups excluding tert-OH is 2. The molecule has 2 saturated heterocycles. The predicted molar refractivity (Wildman–Crippen MR) is 120 cm³/mol. The number of carbonyl (C=O) groups excluding carboxylic acids is 1. The van der Waals surface area contributed by atoms with Crippen LogP contribution >= 0.6 is 11.6 Å². The standard InChI is InChI=1S/C23H27ClFN3O4/c24-17-12-15(6-7-18(17)25)23(31)26-13-19-21(22(30)20(14-29)32-19)28-10-8-27(9-11-28)16-4-2-1-3-5-16/h1-7,12,19-22,29-30H,8-11,13-14H2,(H,26,31)/t19-,20+,21+,22-/m1/s1. The smallest absolute Gasteiger partial charge is 0.251 e. The third-order valence-electron chi connectivity index (χ3n) is 6.14. The number of ether oxygens (including phenoxy) is 1. The number of halogens is 2. The maximum absolute atomic E-state index is 13.4. The zero-order valence-corrected chi connectivity index (χ0v) is 18.3. The number of nitrogens with zero attached hydrogens (tertiary/aromatic N) is 2. The highest BCUT2D eigenvalue weighted by atomic mass is 35.5. The van der Waals surface area contributed by atoms with Gasteiger partial charge in [0.1, 0.15) is 18.0 Å². The first kappa shape index (κ1) is 22.9. The number of rotatable bonds is 6. The molecule has 0 radical (unpaired) electrons. The molecule has 2 aromatic carbocycles. The fourth-order valence-corrected chi connectivity index (χ4v) is 4.63. The van der Waals surface area contributed by atoms with Crippen LogP contribution in [-0.4, -0.2) is 84.7 Å². The molecule has 7 nitrogen and oxygen atoms in total. The third kappa shape index (κ3) is 4.89. The Kier molecular flexibility index (Phi) is 7.27. The number of carbonyl (C=O) groups is 1. The molecule has 172 valence electrons. The van der Waals surface area contributed by atoms with Crippen molar-refractivity contribution in [2.24, 2.45) is 0 Å². The first-order valence-corrected chi connectivity index (χ1v) is 11.1. The highest BCUT2D eigenvalue weighted by Crippen LogP contribution is 2.28. The highest BCUT2D eigenvalue weighted by molar-refractivity contribution is 6.31. The van der Waals surface area contributed by atoms with Crippen molar-refractivity contribution in [1.29, 1.82) is 0 Å². The number of piperazine rings is 1. The fraction of sp³-hybridized carbons (Fsp3) is 0.435. The van der Waals surface area contributed by atoms with E-state index in [9.17, 15) is 19.4 Å². The average molecular weight is 464 g/mol. The molecule has 0 bridgehead atoms. The molecular formula is C23H27ClFN3O4. The Labute approximate surface area is 191 Å². The molecule has 32 heavy (non-hydrogen) atoms. The minimum atomic E-state index is -0.870. The van der Waals surface area contributed by atoms with E-state index in [4.69, 9.17) is 16.3 Å². The van der Waals surface area contributed by atoms with Crippen LogP contribution in [0, 0.1) is 5.82 Å². The van der Waals surface area contributed by atoms with Crippen molar-refractivity contribution in [2.75, 3.05) is 44.2 Å². The van der Waals surface area contributed by atoms with E-state index >= 15 is 0 Å². The van der Waals surface area contributed by atoms with Gasteiger partial charge in [-0.1, -0.05) is 29.8 Å². The van der Waals surface area contributed by atoms with Crippen molar-refractivity contribution in [2.45, 2.75) is 24.4 Å². The summed E-state index contributed by atoms with van der Waals surface area (Å²) in [6.07, 6.45) is -2.08. The molecule has 2 aliphatic rings. The summed E-state index contributed by atoms with van der Waals surface area (Å²) < 4.78 is 19.2. The molecule has 4 rings (SSSR count). The molecule has 2 aliphatic heterocycles. The van der Waals surface area contributed by atoms with Gasteiger partial charge in [-0.2, -0.15) is 0 Å². The van der Waals surface area contributed by atoms with Crippen LogP contribution in [0.5, 0.6) is 0 Å². The summed E-state index contributed by atoms with van der Waals surface area (Å²) in [7, 11) is 0. The van der Waals surface area contributed by atoms with E-state index in [1.54, 1.807) is 0 Å². The van der Waals surface area contributed by atoms with Crippen LogP contribution in [0.1, 0.15) is 10.4 Å². The highest BCUT2D eigenvalue weighted by Gasteiger charge is 2.46. The molecular weight excluding hydrogens is 437 g/mol. The van der Waals surface area contributed by atoms with Crippen molar-refractivity contribution < 1.29 is 24.1 Å².